The van der Waals surface area contributed by atoms with E-state index in [9.17, 15) is 4.79 Å². The molecular formula is C23H21N5O2. The van der Waals surface area contributed by atoms with Gasteiger partial charge in [-0.2, -0.15) is 5.10 Å². The zero-order valence-corrected chi connectivity index (χ0v) is 16.3. The third-order valence-corrected chi connectivity index (χ3v) is 4.52. The quantitative estimate of drug-likeness (QED) is 0.492. The summed E-state index contributed by atoms with van der Waals surface area (Å²) in [6, 6.07) is 20.9. The van der Waals surface area contributed by atoms with Crippen molar-refractivity contribution in [2.24, 2.45) is 0 Å². The van der Waals surface area contributed by atoms with Gasteiger partial charge in [0.05, 0.1) is 12.2 Å². The smallest absolute Gasteiger partial charge is 0.251 e. The summed E-state index contributed by atoms with van der Waals surface area (Å²) in [6.45, 7) is 1.49. The fourth-order valence-corrected chi connectivity index (χ4v) is 2.89. The van der Waals surface area contributed by atoms with Crippen LogP contribution in [0.1, 0.15) is 27.2 Å². The normalized spacial score (nSPS) is 10.5. The Balaban J connectivity index is 1.26. The van der Waals surface area contributed by atoms with Gasteiger partial charge in [0.15, 0.2) is 0 Å². The summed E-state index contributed by atoms with van der Waals surface area (Å²) in [5, 5.41) is 7.02. The third kappa shape index (κ3) is 5.29. The van der Waals surface area contributed by atoms with Crippen molar-refractivity contribution in [2.75, 3.05) is 0 Å². The number of nitrogens with zero attached hydrogens (tertiary/aromatic N) is 4. The molecule has 2 heterocycles. The molecule has 0 radical (unpaired) electrons. The number of carbonyl (C=O) groups is 1. The fourth-order valence-electron chi connectivity index (χ4n) is 2.89. The topological polar surface area (TPSA) is 81.9 Å². The van der Waals surface area contributed by atoms with Gasteiger partial charge in [-0.15, -0.1) is 0 Å². The van der Waals surface area contributed by atoms with Crippen molar-refractivity contribution in [1.82, 2.24) is 25.1 Å². The lowest BCUT2D eigenvalue weighted by atomic mass is 10.1. The van der Waals surface area contributed by atoms with E-state index in [1.54, 1.807) is 17.2 Å². The molecule has 0 bridgehead atoms. The Morgan fingerprint density at radius 1 is 0.967 bits per heavy atom. The van der Waals surface area contributed by atoms with Crippen molar-refractivity contribution in [3.05, 3.63) is 108 Å². The first-order valence-electron chi connectivity index (χ1n) is 9.57. The van der Waals surface area contributed by atoms with Crippen molar-refractivity contribution < 1.29 is 9.53 Å². The van der Waals surface area contributed by atoms with Crippen LogP contribution in [0.2, 0.25) is 0 Å². The van der Waals surface area contributed by atoms with Gasteiger partial charge in [-0.3, -0.25) is 9.78 Å². The number of carbonyl (C=O) groups excluding carboxylic acids is 1. The first-order valence-corrected chi connectivity index (χ1v) is 9.57. The summed E-state index contributed by atoms with van der Waals surface area (Å²) >= 11 is 0. The van der Waals surface area contributed by atoms with Crippen LogP contribution in [-0.4, -0.2) is 25.7 Å². The van der Waals surface area contributed by atoms with Crippen LogP contribution in [-0.2, 0) is 19.7 Å². The first kappa shape index (κ1) is 19.3. The molecular weight excluding hydrogens is 378 g/mol. The highest BCUT2D eigenvalue weighted by Crippen LogP contribution is 2.14. The summed E-state index contributed by atoms with van der Waals surface area (Å²) < 4.78 is 7.47. The highest BCUT2D eigenvalue weighted by Gasteiger charge is 2.06. The van der Waals surface area contributed by atoms with Crippen LogP contribution >= 0.6 is 0 Å². The minimum Gasteiger partial charge on any atom is -0.487 e. The maximum Gasteiger partial charge on any atom is 0.251 e. The van der Waals surface area contributed by atoms with Crippen molar-refractivity contribution >= 4 is 5.91 Å². The Kier molecular flexibility index (Phi) is 6.10. The van der Waals surface area contributed by atoms with Crippen LogP contribution in [0.5, 0.6) is 5.75 Å². The third-order valence-electron chi connectivity index (χ3n) is 4.52. The SMILES string of the molecule is O=C(NCc1ccc(OCc2ccccn2)cc1)c1ccc(Cn2cncn2)cc1. The highest BCUT2D eigenvalue weighted by atomic mass is 16.5. The second kappa shape index (κ2) is 9.47. The van der Waals surface area contributed by atoms with E-state index in [-0.39, 0.29) is 5.91 Å². The number of ether oxygens (including phenoxy) is 1. The van der Waals surface area contributed by atoms with E-state index < -0.39 is 0 Å². The van der Waals surface area contributed by atoms with Gasteiger partial charge in [0.25, 0.3) is 5.91 Å². The molecule has 0 fully saturated rings. The average molecular weight is 399 g/mol. The molecule has 0 saturated carbocycles. The lowest BCUT2D eigenvalue weighted by Crippen LogP contribution is -2.22. The molecule has 1 amide bonds. The molecule has 4 aromatic rings. The van der Waals surface area contributed by atoms with Crippen LogP contribution in [0.4, 0.5) is 0 Å². The van der Waals surface area contributed by atoms with Crippen molar-refractivity contribution in [2.45, 2.75) is 19.7 Å². The molecule has 0 aliphatic carbocycles. The van der Waals surface area contributed by atoms with Crippen LogP contribution in [0.25, 0.3) is 0 Å². The van der Waals surface area contributed by atoms with Gasteiger partial charge in [-0.05, 0) is 47.5 Å². The van der Waals surface area contributed by atoms with Crippen LogP contribution in [0, 0.1) is 0 Å². The van der Waals surface area contributed by atoms with Gasteiger partial charge < -0.3 is 10.1 Å². The number of amides is 1. The standard InChI is InChI=1S/C23H21N5O2/c29-23(20-8-4-19(5-9-20)14-28-17-24-16-27-28)26-13-18-6-10-22(11-7-18)30-15-21-3-1-2-12-25-21/h1-12,16-17H,13-15H2,(H,26,29). The zero-order chi connectivity index (χ0) is 20.6. The summed E-state index contributed by atoms with van der Waals surface area (Å²) in [5.41, 5.74) is 3.54. The number of nitrogens with one attached hydrogen (secondary N) is 1. The fraction of sp³-hybridized carbons (Fsp3) is 0.130. The Morgan fingerprint density at radius 3 is 2.47 bits per heavy atom. The average Bonchev–Trinajstić information content (AvgIpc) is 3.31. The lowest BCUT2D eigenvalue weighted by molar-refractivity contribution is 0.0951. The molecule has 2 aromatic carbocycles. The molecule has 0 aliphatic rings. The van der Waals surface area contributed by atoms with Gasteiger partial charge in [-0.1, -0.05) is 30.3 Å². The molecule has 30 heavy (non-hydrogen) atoms. The van der Waals surface area contributed by atoms with E-state index in [1.165, 1.54) is 6.33 Å². The Hall–Kier alpha value is -4.00. The maximum atomic E-state index is 12.4. The molecule has 0 aliphatic heterocycles. The number of benzene rings is 2. The number of rotatable bonds is 8. The molecule has 7 heteroatoms. The van der Waals surface area contributed by atoms with Crippen molar-refractivity contribution in [3.63, 3.8) is 0 Å². The van der Waals surface area contributed by atoms with Gasteiger partial charge in [-0.25, -0.2) is 9.67 Å². The molecule has 0 saturated heterocycles. The highest BCUT2D eigenvalue weighted by molar-refractivity contribution is 5.94. The number of aromatic nitrogens is 4. The predicted octanol–water partition coefficient (Wildman–Crippen LogP) is 3.23. The minimum absolute atomic E-state index is 0.113. The summed E-state index contributed by atoms with van der Waals surface area (Å²) in [6.07, 6.45) is 4.91. The van der Waals surface area contributed by atoms with Crippen molar-refractivity contribution in [3.8, 4) is 5.75 Å². The molecule has 0 unspecified atom stereocenters. The van der Waals surface area contributed by atoms with E-state index in [0.29, 0.717) is 25.3 Å². The summed E-state index contributed by atoms with van der Waals surface area (Å²) in [5.74, 6) is 0.650. The van der Waals surface area contributed by atoms with E-state index in [2.05, 4.69) is 20.4 Å². The Labute approximate surface area is 174 Å². The van der Waals surface area contributed by atoms with E-state index in [4.69, 9.17) is 4.74 Å². The molecule has 2 aromatic heterocycles. The Morgan fingerprint density at radius 2 is 1.77 bits per heavy atom. The summed E-state index contributed by atoms with van der Waals surface area (Å²) in [7, 11) is 0. The largest absolute Gasteiger partial charge is 0.487 e. The van der Waals surface area contributed by atoms with E-state index >= 15 is 0 Å². The number of pyridine rings is 1. The van der Waals surface area contributed by atoms with Crippen LogP contribution < -0.4 is 10.1 Å². The second-order valence-electron chi connectivity index (χ2n) is 6.73. The Bertz CT molecular complexity index is 1060. The van der Waals surface area contributed by atoms with Gasteiger partial charge in [0.1, 0.15) is 25.0 Å². The molecule has 0 atom stereocenters. The molecule has 7 nitrogen and oxygen atoms in total. The van der Waals surface area contributed by atoms with E-state index in [0.717, 1.165) is 22.6 Å². The summed E-state index contributed by atoms with van der Waals surface area (Å²) in [4.78, 5) is 20.6. The molecule has 150 valence electrons. The zero-order valence-electron chi connectivity index (χ0n) is 16.3. The van der Waals surface area contributed by atoms with Crippen LogP contribution in [0.15, 0.2) is 85.6 Å². The number of hydrogen-bond donors (Lipinski definition) is 1. The lowest BCUT2D eigenvalue weighted by Gasteiger charge is -2.09. The monoisotopic (exact) mass is 399 g/mol. The van der Waals surface area contributed by atoms with Gasteiger partial charge >= 0.3 is 0 Å². The van der Waals surface area contributed by atoms with Crippen LogP contribution in [0.3, 0.4) is 0 Å². The molecule has 1 N–H and O–H groups in total. The van der Waals surface area contributed by atoms with Gasteiger partial charge in [0.2, 0.25) is 0 Å². The first-order chi connectivity index (χ1) is 14.8. The van der Waals surface area contributed by atoms with E-state index in [1.807, 2.05) is 66.7 Å². The second-order valence-corrected chi connectivity index (χ2v) is 6.73. The predicted molar refractivity (Wildman–Crippen MR) is 112 cm³/mol. The maximum absolute atomic E-state index is 12.4. The minimum atomic E-state index is -0.113. The molecule has 4 rings (SSSR count). The molecule has 0 spiro atoms. The van der Waals surface area contributed by atoms with Crippen molar-refractivity contribution in [1.29, 1.82) is 0 Å². The van der Waals surface area contributed by atoms with Gasteiger partial charge in [0, 0.05) is 18.3 Å². The number of hydrogen-bond acceptors (Lipinski definition) is 5.